The van der Waals surface area contributed by atoms with Crippen LogP contribution >= 0.6 is 22.9 Å². The van der Waals surface area contributed by atoms with Crippen LogP contribution in [0.2, 0.25) is 5.02 Å². The fraction of sp³-hybridized carbons (Fsp3) is 0.133. The first-order chi connectivity index (χ1) is 11.5. The largest absolute Gasteiger partial charge is 0.496 e. The number of halogens is 1. The number of anilines is 1. The van der Waals surface area contributed by atoms with Gasteiger partial charge in [-0.1, -0.05) is 11.6 Å². The SMILES string of the molecule is COc1cc(N)c(Cl)cc1C(=O)OCc1cc(=O)n2ccsc2n1. The summed E-state index contributed by atoms with van der Waals surface area (Å²) in [5.41, 5.74) is 6.24. The van der Waals surface area contributed by atoms with Gasteiger partial charge >= 0.3 is 5.97 Å². The van der Waals surface area contributed by atoms with E-state index < -0.39 is 5.97 Å². The second-order valence-electron chi connectivity index (χ2n) is 4.79. The summed E-state index contributed by atoms with van der Waals surface area (Å²) in [7, 11) is 1.41. The number of carbonyl (C=O) groups is 1. The average molecular weight is 366 g/mol. The molecule has 0 amide bonds. The van der Waals surface area contributed by atoms with Gasteiger partial charge in [0.25, 0.3) is 5.56 Å². The summed E-state index contributed by atoms with van der Waals surface area (Å²) in [6.07, 6.45) is 1.63. The van der Waals surface area contributed by atoms with Crippen LogP contribution in [0.5, 0.6) is 5.75 Å². The average Bonchev–Trinajstić information content (AvgIpc) is 3.03. The van der Waals surface area contributed by atoms with Gasteiger partial charge in [-0.25, -0.2) is 9.78 Å². The minimum absolute atomic E-state index is 0.144. The second-order valence-corrected chi connectivity index (χ2v) is 6.07. The van der Waals surface area contributed by atoms with Crippen LogP contribution in [0.4, 0.5) is 5.69 Å². The van der Waals surface area contributed by atoms with Crippen molar-refractivity contribution in [3.63, 3.8) is 0 Å². The lowest BCUT2D eigenvalue weighted by atomic mass is 10.2. The Morgan fingerprint density at radius 2 is 2.21 bits per heavy atom. The first-order valence-electron chi connectivity index (χ1n) is 6.75. The highest BCUT2D eigenvalue weighted by Gasteiger charge is 2.17. The number of nitrogen functional groups attached to an aromatic ring is 1. The fourth-order valence-corrected chi connectivity index (χ4v) is 2.98. The highest BCUT2D eigenvalue weighted by atomic mass is 35.5. The summed E-state index contributed by atoms with van der Waals surface area (Å²) < 4.78 is 11.7. The minimum atomic E-state index is -0.651. The third-order valence-electron chi connectivity index (χ3n) is 3.25. The van der Waals surface area contributed by atoms with E-state index in [-0.39, 0.29) is 28.5 Å². The zero-order valence-corrected chi connectivity index (χ0v) is 14.1. The number of fused-ring (bicyclic) bond motifs is 1. The van der Waals surface area contributed by atoms with Gasteiger partial charge < -0.3 is 15.2 Å². The molecule has 0 fully saturated rings. The number of hydrogen-bond acceptors (Lipinski definition) is 7. The van der Waals surface area contributed by atoms with Gasteiger partial charge in [0.2, 0.25) is 0 Å². The Morgan fingerprint density at radius 3 is 2.96 bits per heavy atom. The van der Waals surface area contributed by atoms with Crippen LogP contribution in [0.3, 0.4) is 0 Å². The summed E-state index contributed by atoms with van der Waals surface area (Å²) in [6, 6.07) is 4.14. The molecule has 2 heterocycles. The first-order valence-corrected chi connectivity index (χ1v) is 8.01. The van der Waals surface area contributed by atoms with Crippen LogP contribution in [0.1, 0.15) is 16.1 Å². The third-order valence-corrected chi connectivity index (χ3v) is 4.33. The summed E-state index contributed by atoms with van der Waals surface area (Å²) in [4.78, 5) is 28.9. The number of benzene rings is 1. The van der Waals surface area contributed by atoms with E-state index >= 15 is 0 Å². The molecular weight excluding hydrogens is 354 g/mol. The summed E-state index contributed by atoms with van der Waals surface area (Å²) >= 11 is 7.25. The highest BCUT2D eigenvalue weighted by molar-refractivity contribution is 7.15. The molecule has 0 aliphatic rings. The smallest absolute Gasteiger partial charge is 0.342 e. The van der Waals surface area contributed by atoms with Crippen molar-refractivity contribution in [1.82, 2.24) is 9.38 Å². The van der Waals surface area contributed by atoms with E-state index in [0.717, 1.165) is 0 Å². The van der Waals surface area contributed by atoms with E-state index in [1.54, 1.807) is 11.6 Å². The van der Waals surface area contributed by atoms with E-state index in [1.165, 1.54) is 41.0 Å². The molecule has 0 saturated heterocycles. The van der Waals surface area contributed by atoms with Gasteiger partial charge in [0, 0.05) is 23.7 Å². The number of ether oxygens (including phenoxy) is 2. The molecule has 0 aliphatic heterocycles. The lowest BCUT2D eigenvalue weighted by Gasteiger charge is -2.10. The van der Waals surface area contributed by atoms with Crippen molar-refractivity contribution in [2.24, 2.45) is 0 Å². The Hall–Kier alpha value is -2.58. The molecule has 0 radical (unpaired) electrons. The topological polar surface area (TPSA) is 95.9 Å². The summed E-state index contributed by atoms with van der Waals surface area (Å²) in [6.45, 7) is -0.145. The van der Waals surface area contributed by atoms with Crippen molar-refractivity contribution in [3.8, 4) is 5.75 Å². The molecule has 124 valence electrons. The maximum atomic E-state index is 12.2. The zero-order valence-electron chi connectivity index (χ0n) is 12.5. The molecular formula is C15H12ClN3O4S. The highest BCUT2D eigenvalue weighted by Crippen LogP contribution is 2.29. The standard InChI is InChI=1S/C15H12ClN3O4S/c1-22-12-6-11(17)10(16)5-9(12)14(21)23-7-8-4-13(20)19-2-3-24-15(19)18-8/h2-6H,7,17H2,1H3. The van der Waals surface area contributed by atoms with E-state index in [9.17, 15) is 9.59 Å². The molecule has 0 atom stereocenters. The molecule has 0 aliphatic carbocycles. The van der Waals surface area contributed by atoms with Gasteiger partial charge in [-0.05, 0) is 6.07 Å². The van der Waals surface area contributed by atoms with Crippen molar-refractivity contribution in [3.05, 3.63) is 56.4 Å². The normalized spacial score (nSPS) is 10.8. The first kappa shape index (κ1) is 16.3. The molecule has 2 N–H and O–H groups in total. The second kappa shape index (κ2) is 6.50. The van der Waals surface area contributed by atoms with Crippen molar-refractivity contribution < 1.29 is 14.3 Å². The van der Waals surface area contributed by atoms with Crippen molar-refractivity contribution in [2.75, 3.05) is 12.8 Å². The Morgan fingerprint density at radius 1 is 1.42 bits per heavy atom. The van der Waals surface area contributed by atoms with Gasteiger partial charge in [-0.2, -0.15) is 0 Å². The summed E-state index contributed by atoms with van der Waals surface area (Å²) in [5.74, 6) is -0.398. The predicted molar refractivity (Wildman–Crippen MR) is 90.9 cm³/mol. The van der Waals surface area contributed by atoms with E-state index in [1.807, 2.05) is 0 Å². The lowest BCUT2D eigenvalue weighted by molar-refractivity contribution is 0.0464. The monoisotopic (exact) mass is 365 g/mol. The Bertz CT molecular complexity index is 982. The maximum Gasteiger partial charge on any atom is 0.342 e. The molecule has 0 spiro atoms. The van der Waals surface area contributed by atoms with Crippen LogP contribution in [0.25, 0.3) is 4.96 Å². The number of nitrogens with zero attached hydrogens (tertiary/aromatic N) is 2. The molecule has 2 aromatic heterocycles. The Kier molecular flexibility index (Phi) is 4.41. The van der Waals surface area contributed by atoms with Gasteiger partial charge in [-0.15, -0.1) is 11.3 Å². The molecule has 3 rings (SSSR count). The number of rotatable bonds is 4. The molecule has 1 aromatic carbocycles. The summed E-state index contributed by atoms with van der Waals surface area (Å²) in [5, 5.41) is 1.97. The van der Waals surface area contributed by atoms with E-state index in [2.05, 4.69) is 4.98 Å². The van der Waals surface area contributed by atoms with Crippen LogP contribution in [-0.2, 0) is 11.3 Å². The van der Waals surface area contributed by atoms with Gasteiger partial charge in [0.1, 0.15) is 17.9 Å². The number of hydrogen-bond donors (Lipinski definition) is 1. The van der Waals surface area contributed by atoms with Crippen LogP contribution in [0.15, 0.2) is 34.6 Å². The number of nitrogens with two attached hydrogens (primary N) is 1. The minimum Gasteiger partial charge on any atom is -0.496 e. The van der Waals surface area contributed by atoms with E-state index in [4.69, 9.17) is 26.8 Å². The quantitative estimate of drug-likeness (QED) is 0.563. The molecule has 3 aromatic rings. The van der Waals surface area contributed by atoms with Crippen LogP contribution in [-0.4, -0.2) is 22.5 Å². The van der Waals surface area contributed by atoms with E-state index in [0.29, 0.717) is 16.3 Å². The van der Waals surface area contributed by atoms with Crippen molar-refractivity contribution in [2.45, 2.75) is 6.61 Å². The van der Waals surface area contributed by atoms with Crippen molar-refractivity contribution in [1.29, 1.82) is 0 Å². The fourth-order valence-electron chi connectivity index (χ4n) is 2.08. The van der Waals surface area contributed by atoms with Crippen molar-refractivity contribution >= 4 is 39.6 Å². The number of esters is 1. The number of thiazole rings is 1. The Balaban J connectivity index is 1.82. The maximum absolute atomic E-state index is 12.2. The number of aromatic nitrogens is 2. The predicted octanol–water partition coefficient (Wildman–Crippen LogP) is 2.36. The lowest BCUT2D eigenvalue weighted by Crippen LogP contribution is -2.15. The molecule has 7 nitrogen and oxygen atoms in total. The molecule has 0 saturated carbocycles. The molecule has 9 heteroatoms. The zero-order chi connectivity index (χ0) is 17.3. The molecule has 24 heavy (non-hydrogen) atoms. The van der Waals surface area contributed by atoms with Gasteiger partial charge in [0.15, 0.2) is 4.96 Å². The van der Waals surface area contributed by atoms with Crippen LogP contribution in [0, 0.1) is 0 Å². The number of carbonyl (C=O) groups excluding carboxylic acids is 1. The third kappa shape index (κ3) is 3.06. The Labute approximate surface area is 145 Å². The number of methoxy groups -OCH3 is 1. The molecule has 0 unspecified atom stereocenters. The van der Waals surface area contributed by atoms with Gasteiger partial charge in [0.05, 0.1) is 23.5 Å². The molecule has 0 bridgehead atoms. The van der Waals surface area contributed by atoms with Crippen LogP contribution < -0.4 is 16.0 Å². The van der Waals surface area contributed by atoms with Gasteiger partial charge in [-0.3, -0.25) is 9.20 Å².